The monoisotopic (exact) mass is 427 g/mol. The topological polar surface area (TPSA) is 51.5 Å². The van der Waals surface area contributed by atoms with Crippen molar-refractivity contribution in [1.29, 1.82) is 0 Å². The summed E-state index contributed by atoms with van der Waals surface area (Å²) in [5.41, 5.74) is 5.35. The fourth-order valence-electron chi connectivity index (χ4n) is 3.06. The highest BCUT2D eigenvalue weighted by atomic mass is 79.9. The summed E-state index contributed by atoms with van der Waals surface area (Å²) in [7, 11) is 0. The predicted molar refractivity (Wildman–Crippen MR) is 110 cm³/mol. The number of carboxylic acids is 1. The minimum Gasteiger partial charge on any atom is -0.487 e. The normalized spacial score (nSPS) is 10.8. The third kappa shape index (κ3) is 4.61. The van der Waals surface area contributed by atoms with Crippen molar-refractivity contribution in [3.63, 3.8) is 0 Å². The van der Waals surface area contributed by atoms with Crippen LogP contribution >= 0.6 is 15.9 Å². The number of carboxylic acid groups (broad SMARTS) is 1. The second kappa shape index (κ2) is 8.44. The molecule has 0 aliphatic rings. The number of carbonyl (C=O) groups is 1. The first kappa shape index (κ1) is 19.2. The van der Waals surface area contributed by atoms with E-state index in [-0.39, 0.29) is 6.42 Å². The summed E-state index contributed by atoms with van der Waals surface area (Å²) in [6, 6.07) is 16.1. The van der Waals surface area contributed by atoms with E-state index in [0.29, 0.717) is 13.0 Å². The van der Waals surface area contributed by atoms with Gasteiger partial charge in [0.15, 0.2) is 0 Å². The fraction of sp³-hybridized carbons (Fsp3) is 0.227. The molecule has 2 aromatic carbocycles. The van der Waals surface area contributed by atoms with Gasteiger partial charge in [-0.2, -0.15) is 0 Å². The fourth-order valence-corrected chi connectivity index (χ4v) is 3.32. The molecule has 0 saturated heterocycles. The van der Waals surface area contributed by atoms with Crippen molar-refractivity contribution >= 4 is 21.9 Å². The number of ether oxygens (including phenoxy) is 1. The number of rotatable bonds is 7. The van der Waals surface area contributed by atoms with E-state index in [0.717, 1.165) is 38.3 Å². The molecule has 1 aromatic heterocycles. The van der Waals surface area contributed by atoms with Crippen LogP contribution in [0.4, 0.5) is 0 Å². The predicted octanol–water partition coefficient (Wildman–Crippen LogP) is 5.45. The Hall–Kier alpha value is -2.53. The Labute approximate surface area is 167 Å². The van der Waals surface area contributed by atoms with Gasteiger partial charge in [0.05, 0.1) is 5.69 Å². The second-order valence-corrected chi connectivity index (χ2v) is 7.42. The average molecular weight is 428 g/mol. The minimum absolute atomic E-state index is 0.140. The number of hydrogen-bond acceptors (Lipinski definition) is 2. The Morgan fingerprint density at radius 2 is 1.81 bits per heavy atom. The molecule has 0 amide bonds. The van der Waals surface area contributed by atoms with Crippen molar-refractivity contribution in [3.05, 3.63) is 81.6 Å². The Morgan fingerprint density at radius 1 is 1.07 bits per heavy atom. The van der Waals surface area contributed by atoms with Gasteiger partial charge in [0.25, 0.3) is 0 Å². The van der Waals surface area contributed by atoms with E-state index in [2.05, 4.69) is 32.6 Å². The number of aliphatic carboxylic acids is 1. The Balaban J connectivity index is 1.74. The maximum absolute atomic E-state index is 10.8. The summed E-state index contributed by atoms with van der Waals surface area (Å²) in [6.45, 7) is 4.49. The largest absolute Gasteiger partial charge is 0.487 e. The van der Waals surface area contributed by atoms with E-state index >= 15 is 0 Å². The van der Waals surface area contributed by atoms with Crippen molar-refractivity contribution in [1.82, 2.24) is 4.57 Å². The third-order valence-corrected chi connectivity index (χ3v) is 5.30. The number of hydrogen-bond donors (Lipinski definition) is 1. The van der Waals surface area contributed by atoms with E-state index in [1.165, 1.54) is 0 Å². The van der Waals surface area contributed by atoms with Crippen molar-refractivity contribution in [2.75, 3.05) is 0 Å². The maximum atomic E-state index is 10.8. The first-order valence-corrected chi connectivity index (χ1v) is 9.61. The van der Waals surface area contributed by atoms with E-state index in [1.807, 2.05) is 56.4 Å². The molecule has 0 spiro atoms. The number of benzene rings is 2. The van der Waals surface area contributed by atoms with Gasteiger partial charge in [-0.25, -0.2) is 0 Å². The molecule has 140 valence electrons. The van der Waals surface area contributed by atoms with Crippen LogP contribution in [-0.2, 0) is 17.8 Å². The minimum atomic E-state index is -0.777. The van der Waals surface area contributed by atoms with Crippen LogP contribution in [0, 0.1) is 13.8 Å². The van der Waals surface area contributed by atoms with Gasteiger partial charge in [0.1, 0.15) is 12.4 Å². The zero-order chi connectivity index (χ0) is 19.4. The first-order chi connectivity index (χ1) is 13.0. The second-order valence-electron chi connectivity index (χ2n) is 6.50. The van der Waals surface area contributed by atoms with Crippen molar-refractivity contribution in [3.8, 4) is 11.4 Å². The Morgan fingerprint density at radius 3 is 2.52 bits per heavy atom. The molecule has 0 bridgehead atoms. The summed E-state index contributed by atoms with van der Waals surface area (Å²) in [5.74, 6) is 0.0521. The zero-order valence-electron chi connectivity index (χ0n) is 15.4. The average Bonchev–Trinajstić information content (AvgIpc) is 3.11. The van der Waals surface area contributed by atoms with Crippen LogP contribution in [0.15, 0.2) is 59.2 Å². The van der Waals surface area contributed by atoms with E-state index in [1.54, 1.807) is 0 Å². The molecule has 5 heteroatoms. The molecule has 1 heterocycles. The van der Waals surface area contributed by atoms with Gasteiger partial charge in [0, 0.05) is 22.8 Å². The van der Waals surface area contributed by atoms with Crippen LogP contribution < -0.4 is 4.74 Å². The smallest absolute Gasteiger partial charge is 0.303 e. The highest BCUT2D eigenvalue weighted by Gasteiger charge is 2.10. The van der Waals surface area contributed by atoms with Gasteiger partial charge in [-0.3, -0.25) is 4.79 Å². The van der Waals surface area contributed by atoms with Crippen molar-refractivity contribution in [2.24, 2.45) is 0 Å². The molecular formula is C22H22BrNO3. The van der Waals surface area contributed by atoms with Crippen LogP contribution in [0.3, 0.4) is 0 Å². The molecule has 0 radical (unpaired) electrons. The summed E-state index contributed by atoms with van der Waals surface area (Å²) in [5, 5.41) is 8.88. The quantitative estimate of drug-likeness (QED) is 0.544. The van der Waals surface area contributed by atoms with Crippen molar-refractivity contribution in [2.45, 2.75) is 33.3 Å². The molecule has 0 aliphatic heterocycles. The van der Waals surface area contributed by atoms with Crippen molar-refractivity contribution < 1.29 is 14.6 Å². The van der Waals surface area contributed by atoms with Crippen LogP contribution in [0.5, 0.6) is 5.75 Å². The summed E-state index contributed by atoms with van der Waals surface area (Å²) >= 11 is 3.46. The van der Waals surface area contributed by atoms with Crippen LogP contribution in [-0.4, -0.2) is 15.6 Å². The molecule has 3 rings (SSSR count). The number of aromatic nitrogens is 1. The number of aryl methyl sites for hydroxylation is 1. The molecule has 0 unspecified atom stereocenters. The molecule has 1 N–H and O–H groups in total. The Bertz CT molecular complexity index is 945. The van der Waals surface area contributed by atoms with Crippen LogP contribution in [0.2, 0.25) is 0 Å². The molecule has 4 nitrogen and oxygen atoms in total. The summed E-state index contributed by atoms with van der Waals surface area (Å²) in [4.78, 5) is 10.8. The Kier molecular flexibility index (Phi) is 6.01. The summed E-state index contributed by atoms with van der Waals surface area (Å²) in [6.07, 6.45) is 2.70. The highest BCUT2D eigenvalue weighted by Crippen LogP contribution is 2.26. The lowest BCUT2D eigenvalue weighted by molar-refractivity contribution is -0.136. The lowest BCUT2D eigenvalue weighted by Gasteiger charge is -2.15. The van der Waals surface area contributed by atoms with Gasteiger partial charge in [0.2, 0.25) is 0 Å². The van der Waals surface area contributed by atoms with Gasteiger partial charge >= 0.3 is 5.97 Å². The van der Waals surface area contributed by atoms with Gasteiger partial charge < -0.3 is 14.4 Å². The van der Waals surface area contributed by atoms with Gasteiger partial charge in [-0.15, -0.1) is 0 Å². The molecule has 27 heavy (non-hydrogen) atoms. The highest BCUT2D eigenvalue weighted by molar-refractivity contribution is 9.10. The lowest BCUT2D eigenvalue weighted by Crippen LogP contribution is -2.05. The molecular weight excluding hydrogens is 406 g/mol. The lowest BCUT2D eigenvalue weighted by atomic mass is 9.99. The zero-order valence-corrected chi connectivity index (χ0v) is 17.0. The number of halogens is 1. The van der Waals surface area contributed by atoms with Gasteiger partial charge in [-0.05, 0) is 79.4 Å². The van der Waals surface area contributed by atoms with E-state index in [4.69, 9.17) is 9.84 Å². The van der Waals surface area contributed by atoms with E-state index in [9.17, 15) is 4.79 Å². The summed E-state index contributed by atoms with van der Waals surface area (Å²) < 4.78 is 9.24. The number of nitrogens with zero attached hydrogens (tertiary/aromatic N) is 1. The molecule has 3 aromatic rings. The van der Waals surface area contributed by atoms with Crippen LogP contribution in [0.25, 0.3) is 5.69 Å². The molecule has 0 aliphatic carbocycles. The van der Waals surface area contributed by atoms with E-state index < -0.39 is 5.97 Å². The van der Waals surface area contributed by atoms with Gasteiger partial charge in [-0.1, -0.05) is 22.0 Å². The first-order valence-electron chi connectivity index (χ1n) is 8.81. The SMILES string of the molecule is Cc1c(CCC(=O)O)ccc(OCc2cccn2-c2ccc(Br)cc2)c1C. The standard InChI is InChI=1S/C22H22BrNO3/c1-15-16(2)21(11-5-17(15)6-12-22(25)26)27-14-20-4-3-13-24(20)19-9-7-18(23)8-10-19/h3-5,7-11,13H,6,12,14H2,1-2H3,(H,25,26). The third-order valence-electron chi connectivity index (χ3n) is 4.77. The van der Waals surface area contributed by atoms with Crippen LogP contribution in [0.1, 0.15) is 28.8 Å². The maximum Gasteiger partial charge on any atom is 0.303 e. The molecule has 0 fully saturated rings. The molecule has 0 saturated carbocycles. The molecule has 0 atom stereocenters.